The smallest absolute Gasteiger partial charge is 0.153 e. The minimum Gasteiger partial charge on any atom is -0.331 e. The Morgan fingerprint density at radius 3 is 3.33 bits per heavy atom. The topological polar surface area (TPSA) is 34.9 Å². The van der Waals surface area contributed by atoms with Gasteiger partial charge in [0.25, 0.3) is 0 Å². The number of ketones is 1. The largest absolute Gasteiger partial charge is 0.331 e. The lowest BCUT2D eigenvalue weighted by Crippen LogP contribution is -1.89. The van der Waals surface area contributed by atoms with Crippen molar-refractivity contribution in [3.8, 4) is 0 Å². The number of allylic oxidation sites excluding steroid dienone is 2. The third-order valence-corrected chi connectivity index (χ3v) is 2.00. The monoisotopic (exact) mass is 162 g/mol. The molecule has 3 nitrogen and oxygen atoms in total. The number of imidazole rings is 1. The van der Waals surface area contributed by atoms with Crippen molar-refractivity contribution >= 4 is 11.4 Å². The van der Waals surface area contributed by atoms with E-state index in [9.17, 15) is 4.79 Å². The van der Waals surface area contributed by atoms with Crippen LogP contribution in [0.4, 0.5) is 0 Å². The molecule has 0 spiro atoms. The van der Waals surface area contributed by atoms with Gasteiger partial charge in [-0.05, 0) is 19.4 Å². The molecule has 3 heteroatoms. The van der Waals surface area contributed by atoms with Crippen molar-refractivity contribution in [3.05, 3.63) is 24.3 Å². The summed E-state index contributed by atoms with van der Waals surface area (Å²) in [5.41, 5.74) is 1.06. The predicted molar refractivity (Wildman–Crippen MR) is 45.5 cm³/mol. The van der Waals surface area contributed by atoms with Crippen LogP contribution in [-0.4, -0.2) is 15.3 Å². The first-order valence-corrected chi connectivity index (χ1v) is 4.00. The van der Waals surface area contributed by atoms with Crippen LogP contribution in [-0.2, 0) is 11.3 Å². The van der Waals surface area contributed by atoms with Crippen LogP contribution in [0.3, 0.4) is 0 Å². The summed E-state index contributed by atoms with van der Waals surface area (Å²) in [7, 11) is 0. The quantitative estimate of drug-likeness (QED) is 0.583. The molecule has 2 rings (SSSR count). The second-order valence-corrected chi connectivity index (χ2v) is 2.97. The van der Waals surface area contributed by atoms with Gasteiger partial charge in [0, 0.05) is 24.5 Å². The molecule has 0 atom stereocenters. The van der Waals surface area contributed by atoms with Gasteiger partial charge in [0.2, 0.25) is 0 Å². The molecule has 0 aliphatic carbocycles. The highest BCUT2D eigenvalue weighted by atomic mass is 16.1. The standard InChI is InChI=1S/C9H10N2O/c1-7(12)6-8-2-4-11-5-3-10-9(8)11/h3,5-6H,2,4H2,1H3/b8-6-. The van der Waals surface area contributed by atoms with Gasteiger partial charge in [0.05, 0.1) is 0 Å². The van der Waals surface area contributed by atoms with E-state index in [1.54, 1.807) is 19.2 Å². The van der Waals surface area contributed by atoms with Crippen LogP contribution in [0.15, 0.2) is 18.5 Å². The highest BCUT2D eigenvalue weighted by molar-refractivity contribution is 5.94. The van der Waals surface area contributed by atoms with Crippen LogP contribution in [0, 0.1) is 0 Å². The van der Waals surface area contributed by atoms with Crippen LogP contribution in [0.2, 0.25) is 0 Å². The summed E-state index contributed by atoms with van der Waals surface area (Å²) in [6.45, 7) is 2.52. The number of aryl methyl sites for hydroxylation is 1. The first-order valence-electron chi connectivity index (χ1n) is 4.00. The van der Waals surface area contributed by atoms with E-state index in [1.807, 2.05) is 6.20 Å². The molecule has 0 N–H and O–H groups in total. The molecule has 0 amide bonds. The van der Waals surface area contributed by atoms with Gasteiger partial charge in [-0.15, -0.1) is 0 Å². The van der Waals surface area contributed by atoms with E-state index in [1.165, 1.54) is 0 Å². The Balaban J connectivity index is 2.40. The summed E-state index contributed by atoms with van der Waals surface area (Å²) in [4.78, 5) is 15.0. The second-order valence-electron chi connectivity index (χ2n) is 2.97. The SMILES string of the molecule is CC(=O)/C=C1/CCn2ccnc21. The van der Waals surface area contributed by atoms with Gasteiger partial charge < -0.3 is 4.57 Å². The molecule has 62 valence electrons. The van der Waals surface area contributed by atoms with Crippen molar-refractivity contribution in [2.24, 2.45) is 0 Å². The third kappa shape index (κ3) is 1.07. The van der Waals surface area contributed by atoms with Gasteiger partial charge in [-0.2, -0.15) is 0 Å². The maximum atomic E-state index is 10.8. The molecule has 1 aromatic heterocycles. The zero-order valence-electron chi connectivity index (χ0n) is 6.95. The summed E-state index contributed by atoms with van der Waals surface area (Å²) in [6, 6.07) is 0. The van der Waals surface area contributed by atoms with Crippen molar-refractivity contribution in [2.45, 2.75) is 19.9 Å². The van der Waals surface area contributed by atoms with Crippen LogP contribution in [0.25, 0.3) is 5.57 Å². The average Bonchev–Trinajstić information content (AvgIpc) is 2.52. The summed E-state index contributed by atoms with van der Waals surface area (Å²) in [5.74, 6) is 1.05. The summed E-state index contributed by atoms with van der Waals surface area (Å²) < 4.78 is 2.06. The van der Waals surface area contributed by atoms with Gasteiger partial charge in [0.15, 0.2) is 5.78 Å². The molecule has 0 saturated carbocycles. The number of carbonyl (C=O) groups excluding carboxylic acids is 1. The van der Waals surface area contributed by atoms with E-state index in [4.69, 9.17) is 0 Å². The average molecular weight is 162 g/mol. The fraction of sp³-hybridized carbons (Fsp3) is 0.333. The van der Waals surface area contributed by atoms with Crippen LogP contribution >= 0.6 is 0 Å². The lowest BCUT2D eigenvalue weighted by atomic mass is 10.2. The number of rotatable bonds is 1. The van der Waals surface area contributed by atoms with Gasteiger partial charge in [-0.25, -0.2) is 4.98 Å². The number of carbonyl (C=O) groups is 1. The van der Waals surface area contributed by atoms with E-state index in [0.717, 1.165) is 24.4 Å². The summed E-state index contributed by atoms with van der Waals surface area (Å²) in [6.07, 6.45) is 6.31. The summed E-state index contributed by atoms with van der Waals surface area (Å²) in [5, 5.41) is 0. The molecule has 2 heterocycles. The molecule has 0 bridgehead atoms. The number of hydrogen-bond donors (Lipinski definition) is 0. The van der Waals surface area contributed by atoms with Crippen LogP contribution < -0.4 is 0 Å². The molecular weight excluding hydrogens is 152 g/mol. The van der Waals surface area contributed by atoms with Crippen molar-refractivity contribution in [1.29, 1.82) is 0 Å². The molecule has 1 aromatic rings. The van der Waals surface area contributed by atoms with Crippen molar-refractivity contribution in [1.82, 2.24) is 9.55 Å². The predicted octanol–water partition coefficient (Wildman–Crippen LogP) is 1.26. The van der Waals surface area contributed by atoms with Gasteiger partial charge in [-0.3, -0.25) is 4.79 Å². The zero-order chi connectivity index (χ0) is 8.55. The molecule has 0 unspecified atom stereocenters. The minimum absolute atomic E-state index is 0.0986. The molecule has 0 fully saturated rings. The summed E-state index contributed by atoms with van der Waals surface area (Å²) >= 11 is 0. The van der Waals surface area contributed by atoms with Crippen LogP contribution in [0.5, 0.6) is 0 Å². The maximum absolute atomic E-state index is 10.8. The van der Waals surface area contributed by atoms with E-state index < -0.39 is 0 Å². The number of nitrogens with zero attached hydrogens (tertiary/aromatic N) is 2. The molecule has 12 heavy (non-hydrogen) atoms. The Labute approximate surface area is 70.7 Å². The number of hydrogen-bond acceptors (Lipinski definition) is 2. The maximum Gasteiger partial charge on any atom is 0.153 e. The normalized spacial score (nSPS) is 18.2. The number of fused-ring (bicyclic) bond motifs is 1. The van der Waals surface area contributed by atoms with Gasteiger partial charge in [-0.1, -0.05) is 0 Å². The second kappa shape index (κ2) is 2.59. The van der Waals surface area contributed by atoms with Crippen molar-refractivity contribution in [3.63, 3.8) is 0 Å². The zero-order valence-corrected chi connectivity index (χ0v) is 6.95. The Kier molecular flexibility index (Phi) is 1.57. The lowest BCUT2D eigenvalue weighted by molar-refractivity contribution is -0.112. The fourth-order valence-corrected chi connectivity index (χ4v) is 1.51. The fourth-order valence-electron chi connectivity index (χ4n) is 1.51. The van der Waals surface area contributed by atoms with E-state index in [-0.39, 0.29) is 5.78 Å². The molecule has 0 radical (unpaired) electrons. The van der Waals surface area contributed by atoms with E-state index >= 15 is 0 Å². The highest BCUT2D eigenvalue weighted by Gasteiger charge is 2.16. The first-order chi connectivity index (χ1) is 5.77. The third-order valence-electron chi connectivity index (χ3n) is 2.00. The van der Waals surface area contributed by atoms with Crippen molar-refractivity contribution in [2.75, 3.05) is 0 Å². The molecule has 1 aliphatic heterocycles. The van der Waals surface area contributed by atoms with Gasteiger partial charge >= 0.3 is 0 Å². The van der Waals surface area contributed by atoms with E-state index in [2.05, 4.69) is 9.55 Å². The molecular formula is C9H10N2O. The minimum atomic E-state index is 0.0986. The van der Waals surface area contributed by atoms with Crippen LogP contribution in [0.1, 0.15) is 19.2 Å². The Morgan fingerprint density at radius 1 is 1.75 bits per heavy atom. The Hall–Kier alpha value is -1.38. The molecule has 0 saturated heterocycles. The lowest BCUT2D eigenvalue weighted by Gasteiger charge is -1.91. The van der Waals surface area contributed by atoms with Crippen molar-refractivity contribution < 1.29 is 4.79 Å². The van der Waals surface area contributed by atoms with Gasteiger partial charge in [0.1, 0.15) is 5.82 Å². The first kappa shape index (κ1) is 7.28. The molecule has 0 aromatic carbocycles. The molecule has 1 aliphatic rings. The highest BCUT2D eigenvalue weighted by Crippen LogP contribution is 2.24. The number of aromatic nitrogens is 2. The Morgan fingerprint density at radius 2 is 2.58 bits per heavy atom. The Bertz CT molecular complexity index is 349. The van der Waals surface area contributed by atoms with E-state index in [0.29, 0.717) is 0 Å².